The summed E-state index contributed by atoms with van der Waals surface area (Å²) in [4.78, 5) is 4.22. The lowest BCUT2D eigenvalue weighted by molar-refractivity contribution is 0.424. The van der Waals surface area contributed by atoms with Gasteiger partial charge in [-0.25, -0.2) is 0 Å². The second-order valence-electron chi connectivity index (χ2n) is 5.78. The number of ether oxygens (including phenoxy) is 1. The number of hydrogen-bond donors (Lipinski definition) is 3. The molecule has 2 aromatic carbocycles. The average molecular weight is 330 g/mol. The van der Waals surface area contributed by atoms with Crippen LogP contribution in [-0.2, 0) is 0 Å². The predicted molar refractivity (Wildman–Crippen MR) is 93.3 cm³/mol. The van der Waals surface area contributed by atoms with Gasteiger partial charge in [-0.1, -0.05) is 36.4 Å². The van der Waals surface area contributed by atoms with Gasteiger partial charge in [0.15, 0.2) is 0 Å². The minimum Gasteiger partial charge on any atom is -0.508 e. The van der Waals surface area contributed by atoms with Crippen molar-refractivity contribution >= 4 is 11.5 Å². The van der Waals surface area contributed by atoms with Crippen LogP contribution in [0.4, 0.5) is 11.5 Å². The number of nitrogen functional groups attached to an aromatic ring is 2. The van der Waals surface area contributed by atoms with Gasteiger partial charge in [-0.2, -0.15) is 10.2 Å². The Morgan fingerprint density at radius 3 is 2.60 bits per heavy atom. The van der Waals surface area contributed by atoms with E-state index < -0.39 is 0 Å². The molecule has 0 radical (unpaired) electrons. The molecule has 0 saturated heterocycles. The van der Waals surface area contributed by atoms with E-state index in [2.05, 4.69) is 4.98 Å². The van der Waals surface area contributed by atoms with E-state index in [1.807, 2.05) is 36.4 Å². The van der Waals surface area contributed by atoms with Crippen molar-refractivity contribution in [1.82, 2.24) is 4.98 Å². The third-order valence-corrected chi connectivity index (χ3v) is 4.32. The second-order valence-corrected chi connectivity index (χ2v) is 5.78. The number of anilines is 2. The minimum absolute atomic E-state index is 0.0224. The third-order valence-electron chi connectivity index (χ3n) is 4.32. The molecule has 5 N–H and O–H groups in total. The summed E-state index contributed by atoms with van der Waals surface area (Å²) in [5.41, 5.74) is 14.9. The number of nitriles is 1. The number of rotatable bonds is 1. The molecular weight excluding hydrogens is 316 g/mol. The summed E-state index contributed by atoms with van der Waals surface area (Å²) < 4.78 is 5.83. The number of pyridine rings is 1. The number of nitrogens with zero attached hydrogens (tertiary/aromatic N) is 2. The first kappa shape index (κ1) is 14.8. The largest absolute Gasteiger partial charge is 0.508 e. The van der Waals surface area contributed by atoms with E-state index >= 15 is 0 Å². The first-order valence-electron chi connectivity index (χ1n) is 7.64. The SMILES string of the molecule is N#Cc1c(N)nc2c(c1N)[C@H](c1ccccc1)c1ccc(O)cc1O2. The highest BCUT2D eigenvalue weighted by Gasteiger charge is 2.33. The van der Waals surface area contributed by atoms with Crippen molar-refractivity contribution in [3.05, 3.63) is 70.8 Å². The van der Waals surface area contributed by atoms with Crippen molar-refractivity contribution in [2.45, 2.75) is 5.92 Å². The fraction of sp³-hybridized carbons (Fsp3) is 0.0526. The van der Waals surface area contributed by atoms with Crippen LogP contribution in [0, 0.1) is 11.3 Å². The van der Waals surface area contributed by atoms with E-state index in [0.717, 1.165) is 11.1 Å². The zero-order chi connectivity index (χ0) is 17.6. The Morgan fingerprint density at radius 2 is 1.88 bits per heavy atom. The summed E-state index contributed by atoms with van der Waals surface area (Å²) in [6.07, 6.45) is 0. The standard InChI is InChI=1S/C19H14N4O2/c20-9-13-17(21)16-15(10-4-2-1-3-5-10)12-7-6-11(24)8-14(12)25-19(16)23-18(13)22/h1-8,15,24H,(H4,21,22,23)/t15-/m1/s1. The average Bonchev–Trinajstić information content (AvgIpc) is 2.61. The van der Waals surface area contributed by atoms with Gasteiger partial charge in [0.2, 0.25) is 5.88 Å². The number of benzene rings is 2. The lowest BCUT2D eigenvalue weighted by Gasteiger charge is -2.29. The Morgan fingerprint density at radius 1 is 1.12 bits per heavy atom. The maximum absolute atomic E-state index is 9.79. The van der Waals surface area contributed by atoms with E-state index in [-0.39, 0.29) is 34.6 Å². The molecule has 3 aromatic rings. The quantitative estimate of drug-likeness (QED) is 0.493. The normalized spacial score (nSPS) is 14.8. The number of phenolic OH excluding ortho intramolecular Hbond substituents is 1. The highest BCUT2D eigenvalue weighted by atomic mass is 16.5. The maximum Gasteiger partial charge on any atom is 0.227 e. The van der Waals surface area contributed by atoms with Crippen LogP contribution in [0.1, 0.15) is 28.2 Å². The van der Waals surface area contributed by atoms with Crippen molar-refractivity contribution in [1.29, 1.82) is 5.26 Å². The molecule has 1 aliphatic rings. The van der Waals surface area contributed by atoms with Gasteiger partial charge in [-0.3, -0.25) is 0 Å². The van der Waals surface area contributed by atoms with Crippen molar-refractivity contribution < 1.29 is 9.84 Å². The number of nitrogens with two attached hydrogens (primary N) is 2. The highest BCUT2D eigenvalue weighted by Crippen LogP contribution is 2.50. The Labute approximate surface area is 143 Å². The molecule has 0 spiro atoms. The molecule has 1 atom stereocenters. The Balaban J connectivity index is 2.05. The van der Waals surface area contributed by atoms with E-state index in [1.54, 1.807) is 12.1 Å². The van der Waals surface area contributed by atoms with Crippen molar-refractivity contribution in [2.75, 3.05) is 11.5 Å². The maximum atomic E-state index is 9.79. The second kappa shape index (κ2) is 5.42. The zero-order valence-corrected chi connectivity index (χ0v) is 13.1. The van der Waals surface area contributed by atoms with Gasteiger partial charge < -0.3 is 21.3 Å². The van der Waals surface area contributed by atoms with Gasteiger partial charge >= 0.3 is 0 Å². The van der Waals surface area contributed by atoms with E-state index in [9.17, 15) is 10.4 Å². The first-order valence-corrected chi connectivity index (χ1v) is 7.64. The molecule has 122 valence electrons. The molecule has 1 aromatic heterocycles. The van der Waals surface area contributed by atoms with Crippen molar-refractivity contribution in [3.8, 4) is 23.4 Å². The molecule has 2 heterocycles. The summed E-state index contributed by atoms with van der Waals surface area (Å²) in [7, 11) is 0. The Hall–Kier alpha value is -3.72. The van der Waals surface area contributed by atoms with Crippen LogP contribution >= 0.6 is 0 Å². The van der Waals surface area contributed by atoms with Crippen LogP contribution in [0.25, 0.3) is 0 Å². The van der Waals surface area contributed by atoms with Crippen LogP contribution in [0.15, 0.2) is 48.5 Å². The summed E-state index contributed by atoms with van der Waals surface area (Å²) >= 11 is 0. The number of hydrogen-bond acceptors (Lipinski definition) is 6. The minimum atomic E-state index is -0.277. The van der Waals surface area contributed by atoms with Crippen molar-refractivity contribution in [2.24, 2.45) is 0 Å². The van der Waals surface area contributed by atoms with Gasteiger partial charge in [-0.15, -0.1) is 0 Å². The summed E-state index contributed by atoms with van der Waals surface area (Å²) in [6.45, 7) is 0. The summed E-state index contributed by atoms with van der Waals surface area (Å²) in [5.74, 6) is 0.567. The van der Waals surface area contributed by atoms with E-state index in [1.165, 1.54) is 6.07 Å². The van der Waals surface area contributed by atoms with Gasteiger partial charge in [0.25, 0.3) is 0 Å². The molecule has 0 unspecified atom stereocenters. The van der Waals surface area contributed by atoms with Gasteiger partial charge in [0, 0.05) is 17.5 Å². The highest BCUT2D eigenvalue weighted by molar-refractivity contribution is 5.75. The molecule has 6 heteroatoms. The zero-order valence-electron chi connectivity index (χ0n) is 13.1. The summed E-state index contributed by atoms with van der Waals surface area (Å²) in [6, 6.07) is 16.6. The third kappa shape index (κ3) is 2.22. The Bertz CT molecular complexity index is 1030. The van der Waals surface area contributed by atoms with Crippen LogP contribution in [0.3, 0.4) is 0 Å². The molecular formula is C19H14N4O2. The molecule has 25 heavy (non-hydrogen) atoms. The number of aromatic nitrogens is 1. The number of phenols is 1. The molecule has 0 bridgehead atoms. The van der Waals surface area contributed by atoms with E-state index in [0.29, 0.717) is 11.3 Å². The summed E-state index contributed by atoms with van der Waals surface area (Å²) in [5, 5.41) is 19.2. The monoisotopic (exact) mass is 330 g/mol. The fourth-order valence-corrected chi connectivity index (χ4v) is 3.19. The predicted octanol–water partition coefficient (Wildman–Crippen LogP) is 3.11. The molecule has 6 nitrogen and oxygen atoms in total. The molecule has 0 saturated carbocycles. The van der Waals surface area contributed by atoms with Gasteiger partial charge in [-0.05, 0) is 11.6 Å². The lowest BCUT2D eigenvalue weighted by Crippen LogP contribution is -2.17. The number of aromatic hydroxyl groups is 1. The molecule has 0 amide bonds. The van der Waals surface area contributed by atoms with E-state index in [4.69, 9.17) is 16.2 Å². The van der Waals surface area contributed by atoms with Crippen LogP contribution < -0.4 is 16.2 Å². The van der Waals surface area contributed by atoms with Crippen LogP contribution in [-0.4, -0.2) is 10.1 Å². The smallest absolute Gasteiger partial charge is 0.227 e. The van der Waals surface area contributed by atoms with Gasteiger partial charge in [0.1, 0.15) is 28.9 Å². The number of fused-ring (bicyclic) bond motifs is 2. The molecule has 0 fully saturated rings. The fourth-order valence-electron chi connectivity index (χ4n) is 3.19. The van der Waals surface area contributed by atoms with Crippen LogP contribution in [0.2, 0.25) is 0 Å². The molecule has 4 rings (SSSR count). The topological polar surface area (TPSA) is 118 Å². The van der Waals surface area contributed by atoms with Crippen molar-refractivity contribution in [3.63, 3.8) is 0 Å². The van der Waals surface area contributed by atoms with Gasteiger partial charge in [0.05, 0.1) is 11.3 Å². The lowest BCUT2D eigenvalue weighted by atomic mass is 9.82. The molecule has 1 aliphatic heterocycles. The Kier molecular flexibility index (Phi) is 3.22. The molecule has 0 aliphatic carbocycles. The van der Waals surface area contributed by atoms with Crippen LogP contribution in [0.5, 0.6) is 17.4 Å². The first-order chi connectivity index (χ1) is 12.1.